The molecule has 0 radical (unpaired) electrons. The Bertz CT molecular complexity index is 496. The molecule has 1 aliphatic heterocycles. The van der Waals surface area contributed by atoms with Crippen LogP contribution in [0, 0.1) is 11.6 Å². The number of benzene rings is 1. The normalized spacial score (nSPS) is 18.9. The fraction of sp³-hybridized carbons (Fsp3) is 0.462. The molecule has 1 heterocycles. The van der Waals surface area contributed by atoms with Crippen LogP contribution in [0.25, 0.3) is 0 Å². The molecule has 6 heteroatoms. The van der Waals surface area contributed by atoms with Crippen LogP contribution in [0.15, 0.2) is 16.6 Å². The summed E-state index contributed by atoms with van der Waals surface area (Å²) in [6.07, 6.45) is 0.682. The average molecular weight is 334 g/mol. The second-order valence-corrected chi connectivity index (χ2v) is 5.37. The van der Waals surface area contributed by atoms with E-state index in [9.17, 15) is 13.6 Å². The Morgan fingerprint density at radius 1 is 1.47 bits per heavy atom. The largest absolute Gasteiger partial charge is 0.380 e. The number of halogens is 3. The van der Waals surface area contributed by atoms with E-state index in [1.807, 2.05) is 0 Å². The fourth-order valence-electron chi connectivity index (χ4n) is 2.12. The Kier molecular flexibility index (Phi) is 4.52. The van der Waals surface area contributed by atoms with Gasteiger partial charge in [0.1, 0.15) is 11.6 Å². The van der Waals surface area contributed by atoms with E-state index in [1.54, 1.807) is 12.0 Å². The van der Waals surface area contributed by atoms with Crippen molar-refractivity contribution >= 4 is 21.8 Å². The number of rotatable bonds is 3. The first kappa shape index (κ1) is 14.4. The van der Waals surface area contributed by atoms with Crippen molar-refractivity contribution in [2.75, 3.05) is 20.2 Å². The molecule has 0 spiro atoms. The van der Waals surface area contributed by atoms with Gasteiger partial charge >= 0.3 is 0 Å². The van der Waals surface area contributed by atoms with Gasteiger partial charge in [0.05, 0.1) is 17.0 Å². The number of likely N-dealkylation sites (tertiary alicyclic amines) is 1. The van der Waals surface area contributed by atoms with Crippen LogP contribution < -0.4 is 0 Å². The summed E-state index contributed by atoms with van der Waals surface area (Å²) in [4.78, 5) is 13.6. The fourth-order valence-corrected chi connectivity index (χ4v) is 2.44. The minimum Gasteiger partial charge on any atom is -0.380 e. The highest BCUT2D eigenvalue weighted by atomic mass is 79.9. The van der Waals surface area contributed by atoms with Crippen LogP contribution >= 0.6 is 15.9 Å². The van der Waals surface area contributed by atoms with Gasteiger partial charge in [-0.05, 0) is 34.5 Å². The molecule has 0 unspecified atom stereocenters. The van der Waals surface area contributed by atoms with E-state index in [2.05, 4.69) is 15.9 Å². The molecule has 19 heavy (non-hydrogen) atoms. The highest BCUT2D eigenvalue weighted by Crippen LogP contribution is 2.21. The first-order valence-corrected chi connectivity index (χ1v) is 6.74. The lowest BCUT2D eigenvalue weighted by Crippen LogP contribution is -2.31. The number of hydrogen-bond donors (Lipinski definition) is 0. The Labute approximate surface area is 118 Å². The standard InChI is InChI=1S/C13H14BrF2NO2/c1-19-9-2-3-17(7-9)13(18)5-8-4-12(16)10(14)6-11(8)15/h4,6,9H,2-3,5,7H2,1H3/t9-/m0/s1. The molecule has 1 saturated heterocycles. The third-order valence-corrected chi connectivity index (χ3v) is 3.87. The lowest BCUT2D eigenvalue weighted by atomic mass is 10.1. The molecule has 0 aromatic heterocycles. The number of ether oxygens (including phenoxy) is 1. The first-order valence-electron chi connectivity index (χ1n) is 5.95. The summed E-state index contributed by atoms with van der Waals surface area (Å²) in [5.74, 6) is -1.36. The monoisotopic (exact) mass is 333 g/mol. The molecular weight excluding hydrogens is 320 g/mol. The minimum absolute atomic E-state index is 0.0375. The maximum Gasteiger partial charge on any atom is 0.227 e. The molecule has 0 aliphatic carbocycles. The molecule has 1 atom stereocenters. The van der Waals surface area contributed by atoms with Crippen molar-refractivity contribution in [3.63, 3.8) is 0 Å². The van der Waals surface area contributed by atoms with E-state index >= 15 is 0 Å². The minimum atomic E-state index is -0.580. The number of carbonyl (C=O) groups excluding carboxylic acids is 1. The van der Waals surface area contributed by atoms with E-state index < -0.39 is 11.6 Å². The van der Waals surface area contributed by atoms with Crippen LogP contribution in [0.5, 0.6) is 0 Å². The number of methoxy groups -OCH3 is 1. The molecule has 1 aromatic rings. The summed E-state index contributed by atoms with van der Waals surface area (Å²) in [7, 11) is 1.60. The van der Waals surface area contributed by atoms with Crippen LogP contribution in [0.1, 0.15) is 12.0 Å². The Morgan fingerprint density at radius 2 is 2.21 bits per heavy atom. The summed E-state index contributed by atoms with van der Waals surface area (Å²) < 4.78 is 32.2. The summed E-state index contributed by atoms with van der Waals surface area (Å²) in [5, 5.41) is 0. The number of carbonyl (C=O) groups is 1. The first-order chi connectivity index (χ1) is 9.01. The molecule has 2 rings (SSSR count). The van der Waals surface area contributed by atoms with Crippen molar-refractivity contribution in [2.45, 2.75) is 18.9 Å². The predicted octanol–water partition coefficient (Wildman–Crippen LogP) is 2.52. The van der Waals surface area contributed by atoms with Gasteiger partial charge in [0.2, 0.25) is 5.91 Å². The van der Waals surface area contributed by atoms with E-state index in [0.717, 1.165) is 18.6 Å². The van der Waals surface area contributed by atoms with Crippen LogP contribution in [0.2, 0.25) is 0 Å². The van der Waals surface area contributed by atoms with Crippen molar-refractivity contribution in [3.8, 4) is 0 Å². The van der Waals surface area contributed by atoms with Crippen molar-refractivity contribution in [2.24, 2.45) is 0 Å². The molecule has 0 saturated carbocycles. The van der Waals surface area contributed by atoms with E-state index in [1.165, 1.54) is 0 Å². The lowest BCUT2D eigenvalue weighted by molar-refractivity contribution is -0.129. The van der Waals surface area contributed by atoms with E-state index in [4.69, 9.17) is 4.74 Å². The van der Waals surface area contributed by atoms with Crippen molar-refractivity contribution in [1.82, 2.24) is 4.90 Å². The molecular formula is C13H14BrF2NO2. The second-order valence-electron chi connectivity index (χ2n) is 4.52. The maximum absolute atomic E-state index is 13.6. The highest BCUT2D eigenvalue weighted by Gasteiger charge is 2.26. The zero-order chi connectivity index (χ0) is 14.0. The van der Waals surface area contributed by atoms with Gasteiger partial charge in [0.25, 0.3) is 0 Å². The average Bonchev–Trinajstić information content (AvgIpc) is 2.84. The molecule has 1 aromatic carbocycles. The van der Waals surface area contributed by atoms with Crippen LogP contribution in [-0.2, 0) is 16.0 Å². The molecule has 0 N–H and O–H groups in total. The molecule has 104 valence electrons. The summed E-state index contributed by atoms with van der Waals surface area (Å²) >= 11 is 2.90. The molecule has 3 nitrogen and oxygen atoms in total. The molecule has 1 amide bonds. The molecule has 1 fully saturated rings. The number of nitrogens with zero attached hydrogens (tertiary/aromatic N) is 1. The van der Waals surface area contributed by atoms with Crippen LogP contribution in [0.3, 0.4) is 0 Å². The SMILES string of the molecule is CO[C@H]1CCN(C(=O)Cc2cc(F)c(Br)cc2F)C1. The number of hydrogen-bond acceptors (Lipinski definition) is 2. The van der Waals surface area contributed by atoms with E-state index in [-0.39, 0.29) is 28.5 Å². The van der Waals surface area contributed by atoms with Crippen molar-refractivity contribution < 1.29 is 18.3 Å². The zero-order valence-electron chi connectivity index (χ0n) is 10.5. The van der Waals surface area contributed by atoms with Crippen LogP contribution in [-0.4, -0.2) is 37.1 Å². The summed E-state index contributed by atoms with van der Waals surface area (Å²) in [6.45, 7) is 1.11. The molecule has 0 bridgehead atoms. The Balaban J connectivity index is 2.05. The molecule has 1 aliphatic rings. The smallest absolute Gasteiger partial charge is 0.227 e. The van der Waals surface area contributed by atoms with Gasteiger partial charge in [-0.3, -0.25) is 4.79 Å². The zero-order valence-corrected chi connectivity index (χ0v) is 12.0. The summed E-state index contributed by atoms with van der Waals surface area (Å²) in [5.41, 5.74) is 0.0755. The second kappa shape index (κ2) is 5.96. The van der Waals surface area contributed by atoms with Gasteiger partial charge in [-0.15, -0.1) is 0 Å². The van der Waals surface area contributed by atoms with Gasteiger partial charge in [-0.2, -0.15) is 0 Å². The van der Waals surface area contributed by atoms with E-state index in [0.29, 0.717) is 13.1 Å². The quantitative estimate of drug-likeness (QED) is 0.795. The predicted molar refractivity (Wildman–Crippen MR) is 69.8 cm³/mol. The van der Waals surface area contributed by atoms with Gasteiger partial charge in [-0.1, -0.05) is 0 Å². The van der Waals surface area contributed by atoms with Gasteiger partial charge in [-0.25, -0.2) is 8.78 Å². The summed E-state index contributed by atoms with van der Waals surface area (Å²) in [6, 6.07) is 2.10. The van der Waals surface area contributed by atoms with Crippen LogP contribution in [0.4, 0.5) is 8.78 Å². The highest BCUT2D eigenvalue weighted by molar-refractivity contribution is 9.10. The number of amides is 1. The third-order valence-electron chi connectivity index (χ3n) is 3.26. The van der Waals surface area contributed by atoms with Crippen molar-refractivity contribution in [3.05, 3.63) is 33.8 Å². The lowest BCUT2D eigenvalue weighted by Gasteiger charge is -2.16. The third kappa shape index (κ3) is 3.30. The maximum atomic E-state index is 13.6. The van der Waals surface area contributed by atoms with Gasteiger partial charge in [0.15, 0.2) is 0 Å². The Morgan fingerprint density at radius 3 is 2.84 bits per heavy atom. The topological polar surface area (TPSA) is 29.5 Å². The Hall–Kier alpha value is -1.01. The van der Waals surface area contributed by atoms with Crippen molar-refractivity contribution in [1.29, 1.82) is 0 Å². The van der Waals surface area contributed by atoms with Gasteiger partial charge < -0.3 is 9.64 Å². The van der Waals surface area contributed by atoms with Gasteiger partial charge in [0, 0.05) is 25.8 Å².